The maximum absolute atomic E-state index is 11.0. The number of aromatic nitrogens is 4. The normalized spacial score (nSPS) is 10.6. The molecule has 2 aromatic heterocycles. The van der Waals surface area contributed by atoms with Crippen LogP contribution in [0.15, 0.2) is 18.5 Å². The first kappa shape index (κ1) is 10.3. The van der Waals surface area contributed by atoms with Crippen LogP contribution in [0.25, 0.3) is 5.82 Å². The Morgan fingerprint density at radius 1 is 1.56 bits per heavy atom. The van der Waals surface area contributed by atoms with Gasteiger partial charge in [-0.25, -0.2) is 9.36 Å². The van der Waals surface area contributed by atoms with Crippen LogP contribution in [0, 0.1) is 10.1 Å². The minimum atomic E-state index is -0.414. The van der Waals surface area contributed by atoms with Crippen molar-refractivity contribution in [1.29, 1.82) is 0 Å². The molecule has 0 bridgehead atoms. The first-order valence-electron chi connectivity index (χ1n) is 4.85. The zero-order chi connectivity index (χ0) is 11.7. The third-order valence-corrected chi connectivity index (χ3v) is 2.30. The van der Waals surface area contributed by atoms with Crippen LogP contribution in [0.4, 0.5) is 5.69 Å². The largest absolute Gasteiger partial charge is 0.336 e. The topological polar surface area (TPSA) is 78.8 Å². The van der Waals surface area contributed by atoms with Gasteiger partial charge in [0.2, 0.25) is 5.82 Å². The lowest BCUT2D eigenvalue weighted by Crippen LogP contribution is -2.05. The molecule has 2 heterocycles. The number of nitro groups is 1. The lowest BCUT2D eigenvalue weighted by atomic mass is 10.3. The molecule has 0 spiro atoms. The van der Waals surface area contributed by atoms with Gasteiger partial charge < -0.3 is 0 Å². The van der Waals surface area contributed by atoms with Gasteiger partial charge in [-0.15, -0.1) is 0 Å². The van der Waals surface area contributed by atoms with Crippen LogP contribution < -0.4 is 0 Å². The number of rotatable bonds is 3. The molecule has 16 heavy (non-hydrogen) atoms. The molecule has 0 fully saturated rings. The van der Waals surface area contributed by atoms with Crippen molar-refractivity contribution in [3.05, 3.63) is 34.3 Å². The van der Waals surface area contributed by atoms with E-state index in [-0.39, 0.29) is 5.69 Å². The van der Waals surface area contributed by atoms with Crippen molar-refractivity contribution < 1.29 is 4.92 Å². The summed E-state index contributed by atoms with van der Waals surface area (Å²) in [5, 5.41) is 19.1. The highest BCUT2D eigenvalue weighted by molar-refractivity contribution is 5.51. The van der Waals surface area contributed by atoms with Crippen molar-refractivity contribution in [2.75, 3.05) is 0 Å². The van der Waals surface area contributed by atoms with Gasteiger partial charge in [-0.2, -0.15) is 10.2 Å². The predicted octanol–water partition coefficient (Wildman–Crippen LogP) is 1.08. The van der Waals surface area contributed by atoms with Crippen LogP contribution >= 0.6 is 0 Å². The Balaban J connectivity index is 2.68. The zero-order valence-corrected chi connectivity index (χ0v) is 8.99. The van der Waals surface area contributed by atoms with E-state index < -0.39 is 4.92 Å². The molecule has 7 nitrogen and oxygen atoms in total. The molecular formula is C9H11N5O2. The van der Waals surface area contributed by atoms with Crippen molar-refractivity contribution in [1.82, 2.24) is 19.6 Å². The fourth-order valence-electron chi connectivity index (χ4n) is 1.63. The zero-order valence-electron chi connectivity index (χ0n) is 8.99. The van der Waals surface area contributed by atoms with Crippen LogP contribution in [-0.4, -0.2) is 24.5 Å². The van der Waals surface area contributed by atoms with Crippen LogP contribution in [0.3, 0.4) is 0 Å². The van der Waals surface area contributed by atoms with Crippen molar-refractivity contribution in [3.63, 3.8) is 0 Å². The van der Waals surface area contributed by atoms with Crippen molar-refractivity contribution in [2.45, 2.75) is 13.3 Å². The Hall–Kier alpha value is -2.18. The molecule has 0 unspecified atom stereocenters. The van der Waals surface area contributed by atoms with Gasteiger partial charge in [0.1, 0.15) is 5.69 Å². The first-order chi connectivity index (χ1) is 7.65. The van der Waals surface area contributed by atoms with Gasteiger partial charge in [-0.1, -0.05) is 6.92 Å². The molecular weight excluding hydrogens is 210 g/mol. The Labute approximate surface area is 91.5 Å². The third-order valence-electron chi connectivity index (χ3n) is 2.30. The Morgan fingerprint density at radius 2 is 2.31 bits per heavy atom. The van der Waals surface area contributed by atoms with E-state index in [4.69, 9.17) is 0 Å². The summed E-state index contributed by atoms with van der Waals surface area (Å²) in [6, 6.07) is 1.71. The molecule has 2 aromatic rings. The summed E-state index contributed by atoms with van der Waals surface area (Å²) >= 11 is 0. The summed E-state index contributed by atoms with van der Waals surface area (Å²) in [5.74, 6) is 0.381. The number of hydrogen-bond donors (Lipinski definition) is 0. The van der Waals surface area contributed by atoms with Crippen LogP contribution in [0.1, 0.15) is 12.6 Å². The van der Waals surface area contributed by atoms with Crippen LogP contribution in [0.5, 0.6) is 0 Å². The second kappa shape index (κ2) is 3.76. The third kappa shape index (κ3) is 1.46. The molecule has 0 atom stereocenters. The molecule has 0 aliphatic heterocycles. The maximum Gasteiger partial charge on any atom is 0.336 e. The van der Waals surface area contributed by atoms with Crippen LogP contribution in [0.2, 0.25) is 0 Å². The van der Waals surface area contributed by atoms with Crippen molar-refractivity contribution in [3.8, 4) is 5.82 Å². The van der Waals surface area contributed by atoms with E-state index in [9.17, 15) is 10.1 Å². The van der Waals surface area contributed by atoms with Crippen molar-refractivity contribution in [2.24, 2.45) is 7.05 Å². The number of hydrogen-bond acceptors (Lipinski definition) is 4. The summed E-state index contributed by atoms with van der Waals surface area (Å²) in [6.07, 6.45) is 3.75. The first-order valence-corrected chi connectivity index (χ1v) is 4.85. The second-order valence-electron chi connectivity index (χ2n) is 3.30. The molecule has 0 radical (unpaired) electrons. The quantitative estimate of drug-likeness (QED) is 0.573. The summed E-state index contributed by atoms with van der Waals surface area (Å²) in [4.78, 5) is 10.6. The fourth-order valence-corrected chi connectivity index (χ4v) is 1.63. The van der Waals surface area contributed by atoms with E-state index in [1.807, 2.05) is 6.92 Å². The van der Waals surface area contributed by atoms with Gasteiger partial charge in [-0.05, 0) is 12.5 Å². The van der Waals surface area contributed by atoms with Gasteiger partial charge in [0.25, 0.3) is 0 Å². The van der Waals surface area contributed by atoms with E-state index in [0.717, 1.165) is 0 Å². The predicted molar refractivity (Wildman–Crippen MR) is 56.4 cm³/mol. The average Bonchev–Trinajstić information content (AvgIpc) is 2.83. The lowest BCUT2D eigenvalue weighted by Gasteiger charge is -2.00. The molecule has 0 amide bonds. The average molecular weight is 221 g/mol. The molecule has 0 saturated heterocycles. The minimum absolute atomic E-state index is 0.0219. The molecule has 0 aliphatic carbocycles. The summed E-state index contributed by atoms with van der Waals surface area (Å²) in [7, 11) is 1.67. The summed E-state index contributed by atoms with van der Waals surface area (Å²) in [5.41, 5.74) is 0.492. The molecule has 2 rings (SSSR count). The standard InChI is InChI=1S/C9H11N5O2/c1-3-7-8(14(15)16)9(12(2)11-7)13-6-4-5-10-13/h4-6H,3H2,1-2H3. The molecule has 0 aliphatic rings. The van der Waals surface area contributed by atoms with Crippen molar-refractivity contribution >= 4 is 5.69 Å². The smallest absolute Gasteiger partial charge is 0.258 e. The number of nitrogens with zero attached hydrogens (tertiary/aromatic N) is 5. The van der Waals surface area contributed by atoms with Gasteiger partial charge in [0.15, 0.2) is 0 Å². The summed E-state index contributed by atoms with van der Waals surface area (Å²) < 4.78 is 2.92. The van der Waals surface area contributed by atoms with Gasteiger partial charge >= 0.3 is 5.69 Å². The van der Waals surface area contributed by atoms with E-state index in [0.29, 0.717) is 17.9 Å². The minimum Gasteiger partial charge on any atom is -0.258 e. The lowest BCUT2D eigenvalue weighted by molar-refractivity contribution is -0.385. The highest BCUT2D eigenvalue weighted by Crippen LogP contribution is 2.26. The van der Waals surface area contributed by atoms with Gasteiger partial charge in [0, 0.05) is 19.4 Å². The monoisotopic (exact) mass is 221 g/mol. The van der Waals surface area contributed by atoms with E-state index in [1.54, 1.807) is 25.5 Å². The number of aryl methyl sites for hydroxylation is 2. The highest BCUT2D eigenvalue weighted by Gasteiger charge is 2.26. The molecule has 0 saturated carbocycles. The van der Waals surface area contributed by atoms with Crippen LogP contribution in [-0.2, 0) is 13.5 Å². The maximum atomic E-state index is 11.0. The highest BCUT2D eigenvalue weighted by atomic mass is 16.6. The SMILES string of the molecule is CCc1nn(C)c(-n2cccn2)c1[N+](=O)[O-]. The van der Waals surface area contributed by atoms with E-state index in [1.165, 1.54) is 9.36 Å². The Morgan fingerprint density at radius 3 is 2.81 bits per heavy atom. The van der Waals surface area contributed by atoms with E-state index >= 15 is 0 Å². The molecule has 84 valence electrons. The summed E-state index contributed by atoms with van der Waals surface area (Å²) in [6.45, 7) is 1.84. The Bertz CT molecular complexity index is 514. The molecule has 7 heteroatoms. The van der Waals surface area contributed by atoms with Gasteiger partial charge in [0.05, 0.1) is 4.92 Å². The fraction of sp³-hybridized carbons (Fsp3) is 0.333. The molecule has 0 N–H and O–H groups in total. The van der Waals surface area contributed by atoms with Gasteiger partial charge in [-0.3, -0.25) is 10.1 Å². The Kier molecular flexibility index (Phi) is 2.43. The van der Waals surface area contributed by atoms with E-state index in [2.05, 4.69) is 10.2 Å². The second-order valence-corrected chi connectivity index (χ2v) is 3.30. The molecule has 0 aromatic carbocycles.